The summed E-state index contributed by atoms with van der Waals surface area (Å²) in [5.41, 5.74) is 4.42. The van der Waals surface area contributed by atoms with Crippen LogP contribution in [0.15, 0.2) is 70.6 Å². The fourth-order valence-corrected chi connectivity index (χ4v) is 3.16. The van der Waals surface area contributed by atoms with E-state index in [1.54, 1.807) is 24.0 Å². The molecule has 0 saturated carbocycles. The van der Waals surface area contributed by atoms with E-state index < -0.39 is 0 Å². The van der Waals surface area contributed by atoms with Crippen LogP contribution >= 0.6 is 0 Å². The van der Waals surface area contributed by atoms with E-state index >= 15 is 0 Å². The number of fused-ring (bicyclic) bond motifs is 2. The molecular formula is C22H20N4O2. The van der Waals surface area contributed by atoms with Crippen molar-refractivity contribution in [1.29, 1.82) is 0 Å². The van der Waals surface area contributed by atoms with Gasteiger partial charge in [0, 0.05) is 6.54 Å². The smallest absolute Gasteiger partial charge is 0.262 e. The minimum Gasteiger partial charge on any atom is -0.497 e. The third-order valence-corrected chi connectivity index (χ3v) is 4.63. The minimum absolute atomic E-state index is 0.0783. The standard InChI is InChI=1S/C22H20N4O2/c1-3-26-21(27)19-6-4-5-7-20(19)24-22(26)25-23-14-15-8-9-17-13-18(28-2)11-10-16(17)12-15/h4-14H,3H2,1-2H3,(H,24,25)/b23-14-. The Balaban J connectivity index is 1.63. The van der Waals surface area contributed by atoms with Crippen molar-refractivity contribution < 1.29 is 4.74 Å². The summed E-state index contributed by atoms with van der Waals surface area (Å²) in [4.78, 5) is 17.2. The first-order valence-electron chi connectivity index (χ1n) is 9.06. The Morgan fingerprint density at radius 3 is 2.71 bits per heavy atom. The molecule has 0 unspecified atom stereocenters. The van der Waals surface area contributed by atoms with Gasteiger partial charge in [0.25, 0.3) is 5.56 Å². The van der Waals surface area contributed by atoms with Crippen molar-refractivity contribution in [3.05, 3.63) is 76.6 Å². The lowest BCUT2D eigenvalue weighted by atomic mass is 10.1. The second-order valence-electron chi connectivity index (χ2n) is 6.34. The van der Waals surface area contributed by atoms with Crippen LogP contribution in [0.1, 0.15) is 12.5 Å². The predicted molar refractivity (Wildman–Crippen MR) is 113 cm³/mol. The van der Waals surface area contributed by atoms with Crippen LogP contribution in [-0.4, -0.2) is 22.9 Å². The highest BCUT2D eigenvalue weighted by Crippen LogP contribution is 2.21. The number of hydrogen-bond donors (Lipinski definition) is 1. The van der Waals surface area contributed by atoms with Gasteiger partial charge in [-0.25, -0.2) is 10.4 Å². The number of ether oxygens (including phenoxy) is 1. The normalized spacial score (nSPS) is 11.4. The van der Waals surface area contributed by atoms with E-state index in [0.717, 1.165) is 22.1 Å². The first-order chi connectivity index (χ1) is 13.7. The zero-order valence-electron chi connectivity index (χ0n) is 15.7. The molecule has 0 bridgehead atoms. The number of rotatable bonds is 5. The van der Waals surface area contributed by atoms with E-state index in [0.29, 0.717) is 23.4 Å². The molecule has 6 heteroatoms. The Hall–Kier alpha value is -3.67. The highest BCUT2D eigenvalue weighted by atomic mass is 16.5. The first-order valence-corrected chi connectivity index (χ1v) is 9.06. The second kappa shape index (κ2) is 7.52. The third kappa shape index (κ3) is 3.32. The Bertz CT molecular complexity index is 1240. The molecule has 0 spiro atoms. The molecule has 1 N–H and O–H groups in total. The lowest BCUT2D eigenvalue weighted by Gasteiger charge is -2.10. The molecule has 4 aromatic rings. The van der Waals surface area contributed by atoms with Crippen LogP contribution in [0.4, 0.5) is 5.95 Å². The molecule has 0 amide bonds. The highest BCUT2D eigenvalue weighted by molar-refractivity contribution is 5.91. The van der Waals surface area contributed by atoms with Crippen molar-refractivity contribution >= 4 is 33.8 Å². The van der Waals surface area contributed by atoms with Gasteiger partial charge in [0.1, 0.15) is 5.75 Å². The number of hydrogen-bond acceptors (Lipinski definition) is 5. The van der Waals surface area contributed by atoms with Gasteiger partial charge in [0.15, 0.2) is 0 Å². The summed E-state index contributed by atoms with van der Waals surface area (Å²) in [5, 5.41) is 7.08. The van der Waals surface area contributed by atoms with Gasteiger partial charge in [-0.05, 0) is 53.6 Å². The SMILES string of the molecule is CCn1c(N/N=C\c2ccc3cc(OC)ccc3c2)nc2ccccc2c1=O. The maximum Gasteiger partial charge on any atom is 0.262 e. The fraction of sp³-hybridized carbons (Fsp3) is 0.136. The number of aromatic nitrogens is 2. The van der Waals surface area contributed by atoms with E-state index in [1.165, 1.54) is 0 Å². The zero-order chi connectivity index (χ0) is 19.5. The van der Waals surface area contributed by atoms with Crippen molar-refractivity contribution in [3.8, 4) is 5.75 Å². The van der Waals surface area contributed by atoms with Crippen molar-refractivity contribution in [3.63, 3.8) is 0 Å². The van der Waals surface area contributed by atoms with Gasteiger partial charge in [0.05, 0.1) is 24.2 Å². The van der Waals surface area contributed by atoms with E-state index in [1.807, 2.05) is 61.5 Å². The molecule has 1 heterocycles. The monoisotopic (exact) mass is 372 g/mol. The van der Waals surface area contributed by atoms with Gasteiger partial charge in [-0.3, -0.25) is 9.36 Å². The lowest BCUT2D eigenvalue weighted by Crippen LogP contribution is -2.23. The van der Waals surface area contributed by atoms with Crippen LogP contribution in [0.2, 0.25) is 0 Å². The van der Waals surface area contributed by atoms with Crippen molar-refractivity contribution in [2.75, 3.05) is 12.5 Å². The van der Waals surface area contributed by atoms with E-state index in [4.69, 9.17) is 4.74 Å². The average molecular weight is 372 g/mol. The molecule has 28 heavy (non-hydrogen) atoms. The van der Waals surface area contributed by atoms with Crippen LogP contribution in [0, 0.1) is 0 Å². The molecule has 0 atom stereocenters. The molecule has 4 rings (SSSR count). The van der Waals surface area contributed by atoms with Gasteiger partial charge < -0.3 is 4.74 Å². The molecule has 0 aliphatic heterocycles. The number of anilines is 1. The summed E-state index contributed by atoms with van der Waals surface area (Å²) in [6, 6.07) is 19.3. The summed E-state index contributed by atoms with van der Waals surface area (Å²) < 4.78 is 6.83. The van der Waals surface area contributed by atoms with Gasteiger partial charge >= 0.3 is 0 Å². The lowest BCUT2D eigenvalue weighted by molar-refractivity contribution is 0.415. The van der Waals surface area contributed by atoms with E-state index in [9.17, 15) is 4.79 Å². The summed E-state index contributed by atoms with van der Waals surface area (Å²) in [5.74, 6) is 1.25. The van der Waals surface area contributed by atoms with Gasteiger partial charge in [-0.15, -0.1) is 0 Å². The summed E-state index contributed by atoms with van der Waals surface area (Å²) in [7, 11) is 1.66. The van der Waals surface area contributed by atoms with Crippen LogP contribution in [0.25, 0.3) is 21.7 Å². The number of nitrogens with one attached hydrogen (secondary N) is 1. The van der Waals surface area contributed by atoms with Crippen molar-refractivity contribution in [2.24, 2.45) is 5.10 Å². The van der Waals surface area contributed by atoms with E-state index in [-0.39, 0.29) is 5.56 Å². The number of para-hydroxylation sites is 1. The van der Waals surface area contributed by atoms with Gasteiger partial charge in [-0.2, -0.15) is 5.10 Å². The van der Waals surface area contributed by atoms with Gasteiger partial charge in [0.2, 0.25) is 5.95 Å². The summed E-state index contributed by atoms with van der Waals surface area (Å²) in [6.07, 6.45) is 1.71. The Kier molecular flexibility index (Phi) is 4.76. The summed E-state index contributed by atoms with van der Waals surface area (Å²) in [6.45, 7) is 2.41. The molecule has 0 fully saturated rings. The van der Waals surface area contributed by atoms with E-state index in [2.05, 4.69) is 15.5 Å². The van der Waals surface area contributed by atoms with Gasteiger partial charge in [-0.1, -0.05) is 30.3 Å². The van der Waals surface area contributed by atoms with Crippen LogP contribution < -0.4 is 15.7 Å². The average Bonchev–Trinajstić information content (AvgIpc) is 2.73. The molecule has 140 valence electrons. The molecule has 6 nitrogen and oxygen atoms in total. The number of benzene rings is 3. The summed E-state index contributed by atoms with van der Waals surface area (Å²) >= 11 is 0. The first kappa shape index (κ1) is 17.7. The third-order valence-electron chi connectivity index (χ3n) is 4.63. The van der Waals surface area contributed by atoms with Crippen LogP contribution in [0.5, 0.6) is 5.75 Å². The number of methoxy groups -OCH3 is 1. The molecule has 0 radical (unpaired) electrons. The predicted octanol–water partition coefficient (Wildman–Crippen LogP) is 4.02. The fourth-order valence-electron chi connectivity index (χ4n) is 3.16. The Morgan fingerprint density at radius 2 is 1.89 bits per heavy atom. The molecule has 0 aliphatic carbocycles. The molecule has 0 aliphatic rings. The molecular weight excluding hydrogens is 352 g/mol. The zero-order valence-corrected chi connectivity index (χ0v) is 15.7. The maximum absolute atomic E-state index is 12.6. The molecule has 1 aromatic heterocycles. The number of nitrogens with zero attached hydrogens (tertiary/aromatic N) is 3. The Morgan fingerprint density at radius 1 is 1.11 bits per heavy atom. The maximum atomic E-state index is 12.6. The van der Waals surface area contributed by atoms with Crippen molar-refractivity contribution in [2.45, 2.75) is 13.5 Å². The van der Waals surface area contributed by atoms with Crippen molar-refractivity contribution in [1.82, 2.24) is 9.55 Å². The molecule has 0 saturated heterocycles. The topological polar surface area (TPSA) is 68.5 Å². The minimum atomic E-state index is -0.0783. The molecule has 3 aromatic carbocycles. The van der Waals surface area contributed by atoms with Crippen LogP contribution in [0.3, 0.4) is 0 Å². The van der Waals surface area contributed by atoms with Crippen LogP contribution in [-0.2, 0) is 6.54 Å². The Labute approximate surface area is 162 Å². The largest absolute Gasteiger partial charge is 0.497 e. The number of hydrazone groups is 1. The highest BCUT2D eigenvalue weighted by Gasteiger charge is 2.08. The quantitative estimate of drug-likeness (QED) is 0.424. The second-order valence-corrected chi connectivity index (χ2v) is 6.34.